The van der Waals surface area contributed by atoms with Gasteiger partial charge in [0.15, 0.2) is 0 Å². The second-order valence-electron chi connectivity index (χ2n) is 3.88. The Kier molecular flexibility index (Phi) is 9.92. The molecule has 4 nitrogen and oxygen atoms in total. The molecule has 0 saturated heterocycles. The zero-order valence-corrected chi connectivity index (χ0v) is 11.2. The molecular weight excluding hydrogens is 206 g/mol. The van der Waals surface area contributed by atoms with Crippen LogP contribution in [0, 0.1) is 5.41 Å². The molecular formula is C12H27NO3. The molecule has 0 aromatic carbocycles. The molecule has 0 atom stereocenters. The van der Waals surface area contributed by atoms with E-state index >= 15 is 0 Å². The minimum atomic E-state index is 0.0151. The van der Waals surface area contributed by atoms with Gasteiger partial charge in [-0.3, -0.25) is 0 Å². The Labute approximate surface area is 99.6 Å². The Hall–Kier alpha value is -0.160. The summed E-state index contributed by atoms with van der Waals surface area (Å²) < 4.78 is 11.1. The molecule has 0 bridgehead atoms. The maximum Gasteiger partial charge on any atom is 0.0653 e. The van der Waals surface area contributed by atoms with E-state index < -0.39 is 0 Å². The summed E-state index contributed by atoms with van der Waals surface area (Å²) in [6, 6.07) is 0. The van der Waals surface area contributed by atoms with Gasteiger partial charge in [-0.05, 0) is 27.2 Å². The van der Waals surface area contributed by atoms with E-state index in [1.165, 1.54) is 0 Å². The smallest absolute Gasteiger partial charge is 0.0653 e. The molecule has 0 aliphatic rings. The average Bonchev–Trinajstić information content (AvgIpc) is 2.32. The van der Waals surface area contributed by atoms with Gasteiger partial charge in [0.1, 0.15) is 0 Å². The normalized spacial score (nSPS) is 12.0. The summed E-state index contributed by atoms with van der Waals surface area (Å²) in [5.74, 6) is 0. The third-order valence-electron chi connectivity index (χ3n) is 2.67. The first-order valence-corrected chi connectivity index (χ1v) is 6.24. The molecule has 0 saturated carbocycles. The van der Waals surface area contributed by atoms with Gasteiger partial charge in [-0.15, -0.1) is 0 Å². The second-order valence-corrected chi connectivity index (χ2v) is 3.88. The lowest BCUT2D eigenvalue weighted by Crippen LogP contribution is -2.41. The highest BCUT2D eigenvalue weighted by atomic mass is 16.6. The van der Waals surface area contributed by atoms with Crippen LogP contribution in [0.4, 0.5) is 0 Å². The SMILES string of the molecule is CCOCC(CC)(CNOCC)COCC. The lowest BCUT2D eigenvalue weighted by atomic mass is 9.87. The molecule has 0 fully saturated rings. The van der Waals surface area contributed by atoms with E-state index in [4.69, 9.17) is 14.3 Å². The lowest BCUT2D eigenvalue weighted by molar-refractivity contribution is -0.0515. The highest BCUT2D eigenvalue weighted by Crippen LogP contribution is 2.22. The summed E-state index contributed by atoms with van der Waals surface area (Å²) in [7, 11) is 0. The summed E-state index contributed by atoms with van der Waals surface area (Å²) in [6.07, 6.45) is 1.01. The first-order valence-electron chi connectivity index (χ1n) is 6.24. The Morgan fingerprint density at radius 2 is 1.44 bits per heavy atom. The van der Waals surface area contributed by atoms with Crippen LogP contribution in [0.1, 0.15) is 34.1 Å². The minimum Gasteiger partial charge on any atom is -0.381 e. The molecule has 0 unspecified atom stereocenters. The fourth-order valence-electron chi connectivity index (χ4n) is 1.42. The molecule has 0 heterocycles. The summed E-state index contributed by atoms with van der Waals surface area (Å²) in [5.41, 5.74) is 3.00. The Bertz CT molecular complexity index is 145. The van der Waals surface area contributed by atoms with Crippen molar-refractivity contribution in [2.75, 3.05) is 39.6 Å². The number of hydrogen-bond donors (Lipinski definition) is 1. The van der Waals surface area contributed by atoms with Gasteiger partial charge >= 0.3 is 0 Å². The number of rotatable bonds is 11. The van der Waals surface area contributed by atoms with Gasteiger partial charge in [0.05, 0.1) is 19.8 Å². The zero-order valence-electron chi connectivity index (χ0n) is 11.2. The van der Waals surface area contributed by atoms with Gasteiger partial charge in [0, 0.05) is 25.2 Å². The zero-order chi connectivity index (χ0) is 12.3. The molecule has 4 heteroatoms. The maximum atomic E-state index is 5.54. The fourth-order valence-corrected chi connectivity index (χ4v) is 1.42. The molecule has 98 valence electrons. The number of hydroxylamine groups is 1. The van der Waals surface area contributed by atoms with Gasteiger partial charge in [-0.1, -0.05) is 6.92 Å². The van der Waals surface area contributed by atoms with E-state index in [1.54, 1.807) is 0 Å². The predicted molar refractivity (Wildman–Crippen MR) is 65.3 cm³/mol. The number of hydrogen-bond acceptors (Lipinski definition) is 4. The van der Waals surface area contributed by atoms with Crippen molar-refractivity contribution in [3.63, 3.8) is 0 Å². The topological polar surface area (TPSA) is 39.7 Å². The van der Waals surface area contributed by atoms with E-state index in [9.17, 15) is 0 Å². The van der Waals surface area contributed by atoms with Crippen LogP contribution in [0.5, 0.6) is 0 Å². The van der Waals surface area contributed by atoms with Crippen LogP contribution in [0.3, 0.4) is 0 Å². The van der Waals surface area contributed by atoms with Crippen molar-refractivity contribution in [2.45, 2.75) is 34.1 Å². The van der Waals surface area contributed by atoms with Crippen molar-refractivity contribution in [1.82, 2.24) is 5.48 Å². The quantitative estimate of drug-likeness (QED) is 0.438. The molecule has 0 aliphatic carbocycles. The summed E-state index contributed by atoms with van der Waals surface area (Å²) in [4.78, 5) is 5.19. The number of ether oxygens (including phenoxy) is 2. The number of nitrogens with one attached hydrogen (secondary N) is 1. The van der Waals surface area contributed by atoms with Crippen molar-refractivity contribution >= 4 is 0 Å². The first kappa shape index (κ1) is 15.8. The van der Waals surface area contributed by atoms with Crippen LogP contribution in [0.15, 0.2) is 0 Å². The van der Waals surface area contributed by atoms with E-state index in [2.05, 4.69) is 12.4 Å². The highest BCUT2D eigenvalue weighted by Gasteiger charge is 2.28. The molecule has 0 rings (SSSR count). The van der Waals surface area contributed by atoms with E-state index in [0.717, 1.165) is 26.2 Å². The molecule has 1 N–H and O–H groups in total. The van der Waals surface area contributed by atoms with Gasteiger partial charge in [0.25, 0.3) is 0 Å². The largest absolute Gasteiger partial charge is 0.381 e. The van der Waals surface area contributed by atoms with Gasteiger partial charge < -0.3 is 14.3 Å². The standard InChI is InChI=1S/C12H27NO3/c1-5-12(10-14-6-2,11-15-7-3)9-13-16-8-4/h13H,5-11H2,1-4H3. The van der Waals surface area contributed by atoms with Gasteiger partial charge in [-0.2, -0.15) is 0 Å². The van der Waals surface area contributed by atoms with Gasteiger partial charge in [0.2, 0.25) is 0 Å². The summed E-state index contributed by atoms with van der Waals surface area (Å²) >= 11 is 0. The molecule has 0 amide bonds. The van der Waals surface area contributed by atoms with Crippen molar-refractivity contribution < 1.29 is 14.3 Å². The monoisotopic (exact) mass is 233 g/mol. The van der Waals surface area contributed by atoms with Crippen molar-refractivity contribution in [3.05, 3.63) is 0 Å². The molecule has 0 aliphatic heterocycles. The van der Waals surface area contributed by atoms with Crippen LogP contribution in [0.25, 0.3) is 0 Å². The highest BCUT2D eigenvalue weighted by molar-refractivity contribution is 4.79. The summed E-state index contributed by atoms with van der Waals surface area (Å²) in [5, 5.41) is 0. The van der Waals surface area contributed by atoms with Crippen LogP contribution in [-0.2, 0) is 14.3 Å². The summed E-state index contributed by atoms with van der Waals surface area (Å²) in [6.45, 7) is 12.5. The molecule has 0 spiro atoms. The van der Waals surface area contributed by atoms with Crippen molar-refractivity contribution in [2.24, 2.45) is 5.41 Å². The molecule has 16 heavy (non-hydrogen) atoms. The van der Waals surface area contributed by atoms with E-state index in [0.29, 0.717) is 19.8 Å². The van der Waals surface area contributed by atoms with Crippen LogP contribution >= 0.6 is 0 Å². The molecule has 0 radical (unpaired) electrons. The Balaban J connectivity index is 4.16. The lowest BCUT2D eigenvalue weighted by Gasteiger charge is -2.32. The molecule has 0 aromatic rings. The Morgan fingerprint density at radius 3 is 1.81 bits per heavy atom. The second kappa shape index (κ2) is 10.0. The van der Waals surface area contributed by atoms with E-state index in [1.807, 2.05) is 20.8 Å². The Morgan fingerprint density at radius 1 is 0.875 bits per heavy atom. The van der Waals surface area contributed by atoms with Crippen LogP contribution in [-0.4, -0.2) is 39.6 Å². The van der Waals surface area contributed by atoms with Crippen molar-refractivity contribution in [3.8, 4) is 0 Å². The predicted octanol–water partition coefficient (Wildman–Crippen LogP) is 2.00. The van der Waals surface area contributed by atoms with Crippen LogP contribution in [0.2, 0.25) is 0 Å². The maximum absolute atomic E-state index is 5.54. The van der Waals surface area contributed by atoms with Gasteiger partial charge in [-0.25, -0.2) is 5.48 Å². The van der Waals surface area contributed by atoms with Crippen LogP contribution < -0.4 is 5.48 Å². The van der Waals surface area contributed by atoms with E-state index in [-0.39, 0.29) is 5.41 Å². The first-order chi connectivity index (χ1) is 7.74. The fraction of sp³-hybridized carbons (Fsp3) is 1.00. The van der Waals surface area contributed by atoms with Crippen molar-refractivity contribution in [1.29, 1.82) is 0 Å². The average molecular weight is 233 g/mol. The third kappa shape index (κ3) is 6.43. The third-order valence-corrected chi connectivity index (χ3v) is 2.67. The minimum absolute atomic E-state index is 0.0151. The molecule has 0 aromatic heterocycles.